The van der Waals surface area contributed by atoms with E-state index in [-0.39, 0.29) is 40.7 Å². The number of nitriles is 1. The molecular formula is C23H22N2O5. The largest absolute Gasteiger partial charge is 0.507 e. The molecule has 0 unspecified atom stereocenters. The van der Waals surface area contributed by atoms with Crippen molar-refractivity contribution in [3.8, 4) is 28.9 Å². The first-order valence-corrected chi connectivity index (χ1v) is 9.67. The van der Waals surface area contributed by atoms with Crippen molar-refractivity contribution < 1.29 is 19.4 Å². The predicted octanol–water partition coefficient (Wildman–Crippen LogP) is 2.83. The van der Waals surface area contributed by atoms with Crippen molar-refractivity contribution in [1.29, 1.82) is 5.26 Å². The fraction of sp³-hybridized carbons (Fsp3) is 0.304. The summed E-state index contributed by atoms with van der Waals surface area (Å²) in [4.78, 5) is 15.0. The Morgan fingerprint density at radius 1 is 1.30 bits per heavy atom. The lowest BCUT2D eigenvalue weighted by atomic mass is 9.89. The number of fused-ring (bicyclic) bond motifs is 1. The van der Waals surface area contributed by atoms with Gasteiger partial charge in [-0.25, -0.2) is 0 Å². The average molecular weight is 406 g/mol. The number of phenolic OH excluding ortho intramolecular Hbond substituents is 1. The summed E-state index contributed by atoms with van der Waals surface area (Å²) in [5.74, 6) is 0.409. The molecule has 2 N–H and O–H groups in total. The molecule has 1 aliphatic heterocycles. The van der Waals surface area contributed by atoms with Crippen LogP contribution in [0.2, 0.25) is 0 Å². The topological polar surface area (TPSA) is 107 Å². The monoisotopic (exact) mass is 406 g/mol. The Hall–Kier alpha value is -3.34. The highest BCUT2D eigenvalue weighted by Crippen LogP contribution is 2.44. The van der Waals surface area contributed by atoms with Gasteiger partial charge in [-0.2, -0.15) is 5.26 Å². The van der Waals surface area contributed by atoms with Gasteiger partial charge in [-0.15, -0.1) is 0 Å². The van der Waals surface area contributed by atoms with Crippen molar-refractivity contribution in [3.63, 3.8) is 0 Å². The fourth-order valence-corrected chi connectivity index (χ4v) is 4.29. The van der Waals surface area contributed by atoms with E-state index in [2.05, 4.69) is 11.0 Å². The minimum atomic E-state index is -0.371. The van der Waals surface area contributed by atoms with Crippen LogP contribution in [0.1, 0.15) is 23.5 Å². The van der Waals surface area contributed by atoms with Crippen LogP contribution in [0.25, 0.3) is 22.3 Å². The van der Waals surface area contributed by atoms with E-state index in [0.717, 1.165) is 13.0 Å². The number of ether oxygens (including phenoxy) is 1. The van der Waals surface area contributed by atoms with Crippen molar-refractivity contribution in [2.45, 2.75) is 18.4 Å². The lowest BCUT2D eigenvalue weighted by molar-refractivity contribution is 0.171. The quantitative estimate of drug-likeness (QED) is 0.686. The van der Waals surface area contributed by atoms with Crippen LogP contribution in [-0.4, -0.2) is 48.5 Å². The number of hydrogen-bond donors (Lipinski definition) is 2. The average Bonchev–Trinajstić information content (AvgIpc) is 3.12. The van der Waals surface area contributed by atoms with Crippen LogP contribution < -0.4 is 10.2 Å². The summed E-state index contributed by atoms with van der Waals surface area (Å²) >= 11 is 0. The fourth-order valence-electron chi connectivity index (χ4n) is 4.29. The molecule has 7 heteroatoms. The van der Waals surface area contributed by atoms with Crippen LogP contribution in [0, 0.1) is 11.3 Å². The predicted molar refractivity (Wildman–Crippen MR) is 112 cm³/mol. The number of aliphatic hydroxyl groups is 1. The summed E-state index contributed by atoms with van der Waals surface area (Å²) in [6.45, 7) is 0.729. The molecule has 1 aliphatic rings. The normalized spacial score (nSPS) is 19.1. The molecule has 0 spiro atoms. The van der Waals surface area contributed by atoms with Crippen LogP contribution in [0.5, 0.6) is 11.5 Å². The summed E-state index contributed by atoms with van der Waals surface area (Å²) in [5.41, 5.74) is 1.70. The van der Waals surface area contributed by atoms with Crippen LogP contribution in [0.4, 0.5) is 0 Å². The van der Waals surface area contributed by atoms with E-state index >= 15 is 0 Å². The smallest absolute Gasteiger partial charge is 0.197 e. The van der Waals surface area contributed by atoms with Gasteiger partial charge < -0.3 is 24.3 Å². The van der Waals surface area contributed by atoms with E-state index in [1.54, 1.807) is 24.3 Å². The maximum atomic E-state index is 12.9. The van der Waals surface area contributed by atoms with Crippen molar-refractivity contribution in [2.75, 3.05) is 27.3 Å². The standard InChI is InChI=1S/C23H22N2O5/c1-25-8-7-15(16(25)12-26)21-20(29-2)10-18(28)22-17(27)9-19(30-23(21)22)14-5-3-13(11-24)4-6-14/h3-6,9-10,15-16,26,28H,7-8,12H2,1-2H3/t15-,16+/m1/s1. The molecule has 2 heterocycles. The second-order valence-corrected chi connectivity index (χ2v) is 7.51. The van der Waals surface area contributed by atoms with E-state index in [1.165, 1.54) is 19.2 Å². The van der Waals surface area contributed by atoms with Crippen LogP contribution in [0.15, 0.2) is 45.6 Å². The number of aromatic hydroxyl groups is 1. The van der Waals surface area contributed by atoms with E-state index in [4.69, 9.17) is 14.4 Å². The van der Waals surface area contributed by atoms with Gasteiger partial charge in [0.2, 0.25) is 0 Å². The van der Waals surface area contributed by atoms with Crippen molar-refractivity contribution in [2.24, 2.45) is 0 Å². The van der Waals surface area contributed by atoms with Gasteiger partial charge in [0.1, 0.15) is 28.2 Å². The molecule has 4 rings (SSSR count). The third-order valence-electron chi connectivity index (χ3n) is 5.88. The summed E-state index contributed by atoms with van der Waals surface area (Å²) in [6.07, 6.45) is 0.753. The Labute approximate surface area is 173 Å². The maximum Gasteiger partial charge on any atom is 0.197 e. The van der Waals surface area contributed by atoms with Crippen molar-refractivity contribution >= 4 is 11.0 Å². The third kappa shape index (κ3) is 3.20. The number of aliphatic hydroxyl groups excluding tert-OH is 1. The van der Waals surface area contributed by atoms with Crippen LogP contribution in [0.3, 0.4) is 0 Å². The molecule has 0 amide bonds. The molecule has 0 saturated carbocycles. The highest BCUT2D eigenvalue weighted by molar-refractivity contribution is 5.90. The molecule has 1 aromatic heterocycles. The summed E-state index contributed by atoms with van der Waals surface area (Å²) in [5, 5.41) is 29.5. The molecule has 7 nitrogen and oxygen atoms in total. The Kier molecular flexibility index (Phi) is 5.20. The van der Waals surface area contributed by atoms with Gasteiger partial charge in [0.05, 0.1) is 25.3 Å². The molecular weight excluding hydrogens is 384 g/mol. The minimum absolute atomic E-state index is 0.0494. The second-order valence-electron chi connectivity index (χ2n) is 7.51. The number of likely N-dealkylation sites (N-methyl/N-ethyl adjacent to an activating group) is 1. The number of likely N-dealkylation sites (tertiary alicyclic amines) is 1. The summed E-state index contributed by atoms with van der Waals surface area (Å²) in [7, 11) is 3.44. The maximum absolute atomic E-state index is 12.9. The molecule has 0 bridgehead atoms. The first kappa shape index (κ1) is 20.0. The van der Waals surface area contributed by atoms with E-state index in [1.807, 2.05) is 7.05 Å². The summed E-state index contributed by atoms with van der Waals surface area (Å²) in [6, 6.07) is 11.4. The molecule has 3 aromatic rings. The zero-order chi connectivity index (χ0) is 21.4. The molecule has 0 radical (unpaired) electrons. The highest BCUT2D eigenvalue weighted by Gasteiger charge is 2.37. The first-order chi connectivity index (χ1) is 14.5. The van der Waals surface area contributed by atoms with Crippen molar-refractivity contribution in [1.82, 2.24) is 4.90 Å². The van der Waals surface area contributed by atoms with Gasteiger partial charge >= 0.3 is 0 Å². The SMILES string of the molecule is COc1cc(O)c2c(=O)cc(-c3ccc(C#N)cc3)oc2c1[C@@H]1CCN(C)[C@H]1CO. The molecule has 2 atom stereocenters. The van der Waals surface area contributed by atoms with Gasteiger partial charge in [-0.3, -0.25) is 4.79 Å². The molecule has 1 fully saturated rings. The van der Waals surface area contributed by atoms with Gasteiger partial charge in [0, 0.05) is 35.2 Å². The third-order valence-corrected chi connectivity index (χ3v) is 5.88. The zero-order valence-corrected chi connectivity index (χ0v) is 16.8. The molecule has 1 saturated heterocycles. The van der Waals surface area contributed by atoms with E-state index in [9.17, 15) is 15.0 Å². The lowest BCUT2D eigenvalue weighted by Gasteiger charge is -2.25. The number of methoxy groups -OCH3 is 1. The van der Waals surface area contributed by atoms with Crippen molar-refractivity contribution in [3.05, 3.63) is 57.7 Å². The Balaban J connectivity index is 2.00. The van der Waals surface area contributed by atoms with E-state index < -0.39 is 0 Å². The van der Waals surface area contributed by atoms with Gasteiger partial charge in [0.25, 0.3) is 0 Å². The van der Waals surface area contributed by atoms with Crippen LogP contribution >= 0.6 is 0 Å². The number of rotatable bonds is 4. The second kappa shape index (κ2) is 7.82. The Morgan fingerprint density at radius 3 is 2.67 bits per heavy atom. The van der Waals surface area contributed by atoms with Gasteiger partial charge in [-0.1, -0.05) is 0 Å². The number of nitrogens with zero attached hydrogens (tertiary/aromatic N) is 2. The number of benzene rings is 2. The van der Waals surface area contributed by atoms with Gasteiger partial charge in [0.15, 0.2) is 5.43 Å². The number of phenols is 1. The van der Waals surface area contributed by atoms with E-state index in [0.29, 0.717) is 28.2 Å². The van der Waals surface area contributed by atoms with Gasteiger partial charge in [-0.05, 0) is 44.3 Å². The Morgan fingerprint density at radius 2 is 2.03 bits per heavy atom. The molecule has 30 heavy (non-hydrogen) atoms. The highest BCUT2D eigenvalue weighted by atomic mass is 16.5. The van der Waals surface area contributed by atoms with Crippen LogP contribution in [-0.2, 0) is 0 Å². The first-order valence-electron chi connectivity index (χ1n) is 9.67. The summed E-state index contributed by atoms with van der Waals surface area (Å²) < 4.78 is 11.7. The Bertz CT molecular complexity index is 1190. The lowest BCUT2D eigenvalue weighted by Crippen LogP contribution is -2.32. The molecule has 0 aliphatic carbocycles. The molecule has 2 aromatic carbocycles. The number of hydrogen-bond acceptors (Lipinski definition) is 7. The molecule has 154 valence electrons. The minimum Gasteiger partial charge on any atom is -0.507 e. The zero-order valence-electron chi connectivity index (χ0n) is 16.8.